The Bertz CT molecular complexity index is 581. The molecular weight excluding hydrogens is 204 g/mol. The normalized spacial score (nSPS) is 10.9. The van der Waals surface area contributed by atoms with E-state index in [-0.39, 0.29) is 12.0 Å². The summed E-state index contributed by atoms with van der Waals surface area (Å²) in [5.74, 6) is 0. The standard InChI is InChI=1S/C13H14O3/c1-8-4-5-11-12(14)10(6-15-3)7-16-13(11)9(8)2/h4-5,7H,6H2,1-3H3. The summed E-state index contributed by atoms with van der Waals surface area (Å²) in [4.78, 5) is 12.0. The Hall–Kier alpha value is -1.61. The molecule has 1 heterocycles. The van der Waals surface area contributed by atoms with Crippen molar-refractivity contribution in [2.24, 2.45) is 0 Å². The average molecular weight is 218 g/mol. The topological polar surface area (TPSA) is 39.4 Å². The number of ether oxygens (including phenoxy) is 1. The number of hydrogen-bond donors (Lipinski definition) is 0. The van der Waals surface area contributed by atoms with E-state index in [1.807, 2.05) is 26.0 Å². The Balaban J connectivity index is 2.77. The summed E-state index contributed by atoms with van der Waals surface area (Å²) in [6.45, 7) is 4.24. The van der Waals surface area contributed by atoms with Gasteiger partial charge in [-0.25, -0.2) is 0 Å². The maximum atomic E-state index is 12.0. The SMILES string of the molecule is COCc1coc2c(C)c(C)ccc2c1=O. The highest BCUT2D eigenvalue weighted by Crippen LogP contribution is 2.19. The van der Waals surface area contributed by atoms with Crippen LogP contribution in [0.5, 0.6) is 0 Å². The maximum absolute atomic E-state index is 12.0. The predicted octanol–water partition coefficient (Wildman–Crippen LogP) is 2.56. The molecule has 0 saturated heterocycles. The van der Waals surface area contributed by atoms with Crippen LogP contribution in [0.25, 0.3) is 11.0 Å². The van der Waals surface area contributed by atoms with Crippen molar-refractivity contribution in [3.8, 4) is 0 Å². The molecule has 1 aromatic heterocycles. The van der Waals surface area contributed by atoms with E-state index in [0.717, 1.165) is 11.1 Å². The van der Waals surface area contributed by atoms with Crippen LogP contribution in [0.3, 0.4) is 0 Å². The Morgan fingerprint density at radius 2 is 2.06 bits per heavy atom. The second-order valence-corrected chi connectivity index (χ2v) is 3.91. The second kappa shape index (κ2) is 4.10. The number of rotatable bonds is 2. The highest BCUT2D eigenvalue weighted by Gasteiger charge is 2.09. The second-order valence-electron chi connectivity index (χ2n) is 3.91. The van der Waals surface area contributed by atoms with Crippen molar-refractivity contribution in [3.05, 3.63) is 45.3 Å². The summed E-state index contributed by atoms with van der Waals surface area (Å²) in [6, 6.07) is 3.74. The van der Waals surface area contributed by atoms with Crippen LogP contribution in [0.2, 0.25) is 0 Å². The number of aryl methyl sites for hydroxylation is 2. The lowest BCUT2D eigenvalue weighted by atomic mass is 10.1. The zero-order valence-corrected chi connectivity index (χ0v) is 9.66. The fraction of sp³-hybridized carbons (Fsp3) is 0.308. The largest absolute Gasteiger partial charge is 0.463 e. The molecule has 3 nitrogen and oxygen atoms in total. The molecule has 0 fully saturated rings. The van der Waals surface area contributed by atoms with E-state index < -0.39 is 0 Å². The third kappa shape index (κ3) is 1.63. The highest BCUT2D eigenvalue weighted by atomic mass is 16.5. The first-order valence-corrected chi connectivity index (χ1v) is 5.14. The minimum atomic E-state index is -0.00815. The monoisotopic (exact) mass is 218 g/mol. The van der Waals surface area contributed by atoms with Gasteiger partial charge in [-0.15, -0.1) is 0 Å². The van der Waals surface area contributed by atoms with Gasteiger partial charge in [0.15, 0.2) is 5.43 Å². The van der Waals surface area contributed by atoms with E-state index in [0.29, 0.717) is 16.5 Å². The fourth-order valence-corrected chi connectivity index (χ4v) is 1.73. The van der Waals surface area contributed by atoms with Crippen LogP contribution in [-0.2, 0) is 11.3 Å². The Labute approximate surface area is 93.7 Å². The van der Waals surface area contributed by atoms with E-state index in [1.165, 1.54) is 6.26 Å². The van der Waals surface area contributed by atoms with Crippen LogP contribution in [0.1, 0.15) is 16.7 Å². The first kappa shape index (κ1) is 10.9. The number of benzene rings is 1. The highest BCUT2D eigenvalue weighted by molar-refractivity contribution is 5.81. The first-order chi connectivity index (χ1) is 7.65. The van der Waals surface area contributed by atoms with E-state index in [1.54, 1.807) is 7.11 Å². The molecule has 0 N–H and O–H groups in total. The third-order valence-corrected chi connectivity index (χ3v) is 2.83. The van der Waals surface area contributed by atoms with Gasteiger partial charge < -0.3 is 9.15 Å². The van der Waals surface area contributed by atoms with Gasteiger partial charge in [0.2, 0.25) is 0 Å². The zero-order chi connectivity index (χ0) is 11.7. The lowest BCUT2D eigenvalue weighted by Crippen LogP contribution is -2.10. The molecule has 0 unspecified atom stereocenters. The molecule has 2 rings (SSSR count). The smallest absolute Gasteiger partial charge is 0.198 e. The first-order valence-electron chi connectivity index (χ1n) is 5.14. The van der Waals surface area contributed by atoms with Crippen molar-refractivity contribution < 1.29 is 9.15 Å². The van der Waals surface area contributed by atoms with Crippen LogP contribution in [0.4, 0.5) is 0 Å². The van der Waals surface area contributed by atoms with Gasteiger partial charge in [-0.2, -0.15) is 0 Å². The molecule has 2 aromatic rings. The van der Waals surface area contributed by atoms with Crippen LogP contribution in [-0.4, -0.2) is 7.11 Å². The molecule has 1 aromatic carbocycles. The summed E-state index contributed by atoms with van der Waals surface area (Å²) in [7, 11) is 1.56. The van der Waals surface area contributed by atoms with Gasteiger partial charge >= 0.3 is 0 Å². The van der Waals surface area contributed by atoms with Crippen LogP contribution in [0.15, 0.2) is 27.6 Å². The van der Waals surface area contributed by atoms with Crippen molar-refractivity contribution in [1.82, 2.24) is 0 Å². The van der Waals surface area contributed by atoms with Crippen molar-refractivity contribution >= 4 is 11.0 Å². The van der Waals surface area contributed by atoms with Gasteiger partial charge in [-0.05, 0) is 31.0 Å². The molecule has 84 valence electrons. The van der Waals surface area contributed by atoms with Crippen LogP contribution >= 0.6 is 0 Å². The Morgan fingerprint density at radius 1 is 1.31 bits per heavy atom. The molecule has 0 aliphatic heterocycles. The van der Waals surface area contributed by atoms with Gasteiger partial charge in [0.05, 0.1) is 17.6 Å². The van der Waals surface area contributed by atoms with Gasteiger partial charge in [0.25, 0.3) is 0 Å². The van der Waals surface area contributed by atoms with Crippen molar-refractivity contribution in [1.29, 1.82) is 0 Å². The lowest BCUT2D eigenvalue weighted by Gasteiger charge is -2.05. The van der Waals surface area contributed by atoms with Crippen molar-refractivity contribution in [2.75, 3.05) is 7.11 Å². The number of methoxy groups -OCH3 is 1. The summed E-state index contributed by atoms with van der Waals surface area (Å²) in [5.41, 5.74) is 3.35. The molecule has 0 spiro atoms. The van der Waals surface area contributed by atoms with Crippen molar-refractivity contribution in [3.63, 3.8) is 0 Å². The summed E-state index contributed by atoms with van der Waals surface area (Å²) in [5, 5.41) is 0.623. The number of fused-ring (bicyclic) bond motifs is 1. The summed E-state index contributed by atoms with van der Waals surface area (Å²) >= 11 is 0. The molecule has 0 amide bonds. The molecule has 16 heavy (non-hydrogen) atoms. The maximum Gasteiger partial charge on any atom is 0.198 e. The predicted molar refractivity (Wildman–Crippen MR) is 62.7 cm³/mol. The minimum Gasteiger partial charge on any atom is -0.463 e. The summed E-state index contributed by atoms with van der Waals surface area (Å²) < 4.78 is 10.5. The Kier molecular flexibility index (Phi) is 2.79. The third-order valence-electron chi connectivity index (χ3n) is 2.83. The van der Waals surface area contributed by atoms with E-state index >= 15 is 0 Å². The molecule has 0 aliphatic rings. The molecular formula is C13H14O3. The lowest BCUT2D eigenvalue weighted by molar-refractivity contribution is 0.182. The quantitative estimate of drug-likeness (QED) is 0.777. The molecule has 3 heteroatoms. The molecule has 0 atom stereocenters. The molecule has 0 aliphatic carbocycles. The van der Waals surface area contributed by atoms with Crippen LogP contribution in [0, 0.1) is 13.8 Å². The van der Waals surface area contributed by atoms with E-state index in [2.05, 4.69) is 0 Å². The van der Waals surface area contributed by atoms with E-state index in [4.69, 9.17) is 9.15 Å². The zero-order valence-electron chi connectivity index (χ0n) is 9.66. The van der Waals surface area contributed by atoms with Crippen molar-refractivity contribution in [2.45, 2.75) is 20.5 Å². The van der Waals surface area contributed by atoms with Gasteiger partial charge in [0.1, 0.15) is 11.8 Å². The van der Waals surface area contributed by atoms with Gasteiger partial charge in [0, 0.05) is 7.11 Å². The summed E-state index contributed by atoms with van der Waals surface area (Å²) in [6.07, 6.45) is 1.49. The Morgan fingerprint density at radius 3 is 2.75 bits per heavy atom. The van der Waals surface area contributed by atoms with E-state index in [9.17, 15) is 4.79 Å². The molecule has 0 bridgehead atoms. The van der Waals surface area contributed by atoms with Gasteiger partial charge in [-0.1, -0.05) is 6.07 Å². The molecule has 0 saturated carbocycles. The minimum absolute atomic E-state index is 0.00815. The van der Waals surface area contributed by atoms with Crippen LogP contribution < -0.4 is 5.43 Å². The average Bonchev–Trinajstić information content (AvgIpc) is 2.28. The van der Waals surface area contributed by atoms with Gasteiger partial charge in [-0.3, -0.25) is 4.79 Å². The molecule has 0 radical (unpaired) electrons. The fourth-order valence-electron chi connectivity index (χ4n) is 1.73. The number of hydrogen-bond acceptors (Lipinski definition) is 3.